The van der Waals surface area contributed by atoms with Crippen LogP contribution in [0.4, 0.5) is 13.2 Å². The molecule has 4 rings (SSSR count). The summed E-state index contributed by atoms with van der Waals surface area (Å²) in [7, 11) is 0. The summed E-state index contributed by atoms with van der Waals surface area (Å²) in [5, 5.41) is 21.8. The number of aromatic nitrogens is 1. The van der Waals surface area contributed by atoms with Crippen LogP contribution in [-0.4, -0.2) is 26.6 Å². The van der Waals surface area contributed by atoms with E-state index < -0.39 is 36.3 Å². The van der Waals surface area contributed by atoms with Gasteiger partial charge in [0.2, 0.25) is 0 Å². The molecule has 2 N–H and O–H groups in total. The Bertz CT molecular complexity index is 1210. The summed E-state index contributed by atoms with van der Waals surface area (Å²) >= 11 is 0. The molecule has 4 nitrogen and oxygen atoms in total. The number of hydrogen-bond acceptors (Lipinski definition) is 3. The predicted octanol–water partition coefficient (Wildman–Crippen LogP) is 5.11. The number of aliphatic hydroxyl groups excluding tert-OH is 1. The maximum atomic E-state index is 14.3. The fraction of sp³-hybridized carbons (Fsp3) is 0.423. The minimum Gasteiger partial charge on any atom is -0.388 e. The summed E-state index contributed by atoms with van der Waals surface area (Å²) in [5.41, 5.74) is -2.74. The maximum absolute atomic E-state index is 14.3. The highest BCUT2D eigenvalue weighted by Crippen LogP contribution is 2.44. The van der Waals surface area contributed by atoms with Gasteiger partial charge in [0, 0.05) is 17.6 Å². The lowest BCUT2D eigenvalue weighted by Gasteiger charge is -2.38. The van der Waals surface area contributed by atoms with Gasteiger partial charge in [0.1, 0.15) is 0 Å². The number of benzene rings is 2. The molecule has 0 saturated heterocycles. The van der Waals surface area contributed by atoms with Crippen LogP contribution in [0.25, 0.3) is 10.9 Å². The summed E-state index contributed by atoms with van der Waals surface area (Å²) in [5.74, 6) is 0.198. The van der Waals surface area contributed by atoms with E-state index in [1.165, 1.54) is 16.8 Å². The van der Waals surface area contributed by atoms with E-state index in [9.17, 15) is 28.2 Å². The Labute approximate surface area is 190 Å². The van der Waals surface area contributed by atoms with Crippen LogP contribution in [0.15, 0.2) is 65.6 Å². The number of halogens is 3. The van der Waals surface area contributed by atoms with Gasteiger partial charge in [0.05, 0.1) is 18.2 Å². The Kier molecular flexibility index (Phi) is 5.91. The van der Waals surface area contributed by atoms with E-state index in [0.29, 0.717) is 22.0 Å². The molecule has 1 saturated carbocycles. The van der Waals surface area contributed by atoms with Crippen LogP contribution < -0.4 is 5.43 Å². The Hall–Kier alpha value is -2.64. The molecule has 0 radical (unpaired) electrons. The monoisotopic (exact) mass is 459 g/mol. The number of hydrogen-bond donors (Lipinski definition) is 2. The molecule has 7 heteroatoms. The molecule has 1 fully saturated rings. The molecule has 1 aliphatic carbocycles. The predicted molar refractivity (Wildman–Crippen MR) is 121 cm³/mol. The van der Waals surface area contributed by atoms with Gasteiger partial charge in [-0.3, -0.25) is 4.79 Å². The number of rotatable bonds is 7. The zero-order valence-corrected chi connectivity index (χ0v) is 18.6. The molecule has 1 aromatic heterocycles. The lowest BCUT2D eigenvalue weighted by Crippen LogP contribution is -2.52. The standard InChI is InChI=1S/C26H28F3NO3/c1-24(2,19-7-5-6-18(14-19)23(32)17-10-11-17)15-25(33,26(27,28)29)16-30-13-12-22(31)20-8-3-4-9-21(20)30/h3-9,12-14,17,23,32-33H,10-11,15-16H2,1-2H3. The van der Waals surface area contributed by atoms with E-state index in [0.717, 1.165) is 12.8 Å². The van der Waals surface area contributed by atoms with Crippen LogP contribution in [0.1, 0.15) is 50.3 Å². The summed E-state index contributed by atoms with van der Waals surface area (Å²) in [6.07, 6.45) is -2.95. The van der Waals surface area contributed by atoms with Crippen LogP contribution in [0, 0.1) is 5.92 Å². The van der Waals surface area contributed by atoms with E-state index >= 15 is 0 Å². The van der Waals surface area contributed by atoms with Crippen molar-refractivity contribution in [3.8, 4) is 0 Å². The average Bonchev–Trinajstić information content (AvgIpc) is 3.60. The molecule has 2 unspecified atom stereocenters. The van der Waals surface area contributed by atoms with Gasteiger partial charge in [0.25, 0.3) is 0 Å². The molecule has 1 aliphatic rings. The molecule has 2 atom stereocenters. The summed E-state index contributed by atoms with van der Waals surface area (Å²) < 4.78 is 44.1. The lowest BCUT2D eigenvalue weighted by molar-refractivity contribution is -0.271. The molecule has 3 aromatic rings. The van der Waals surface area contributed by atoms with Crippen molar-refractivity contribution in [2.45, 2.75) is 63.0 Å². The van der Waals surface area contributed by atoms with E-state index in [1.807, 2.05) is 0 Å². The topological polar surface area (TPSA) is 62.5 Å². The van der Waals surface area contributed by atoms with E-state index in [-0.39, 0.29) is 11.3 Å². The Balaban J connectivity index is 1.69. The molecule has 33 heavy (non-hydrogen) atoms. The van der Waals surface area contributed by atoms with Crippen molar-refractivity contribution in [1.29, 1.82) is 0 Å². The molecule has 0 aliphatic heterocycles. The molecule has 0 bridgehead atoms. The first-order chi connectivity index (χ1) is 15.4. The summed E-state index contributed by atoms with van der Waals surface area (Å²) in [4.78, 5) is 12.1. The van der Waals surface area contributed by atoms with E-state index in [1.54, 1.807) is 62.4 Å². The van der Waals surface area contributed by atoms with Crippen molar-refractivity contribution in [2.75, 3.05) is 0 Å². The van der Waals surface area contributed by atoms with E-state index in [2.05, 4.69) is 0 Å². The third-order valence-electron chi connectivity index (χ3n) is 6.66. The first kappa shape index (κ1) is 23.5. The first-order valence-corrected chi connectivity index (χ1v) is 11.1. The number of aliphatic hydroxyl groups is 2. The van der Waals surface area contributed by atoms with Crippen LogP contribution >= 0.6 is 0 Å². The molecular weight excluding hydrogens is 431 g/mol. The Morgan fingerprint density at radius 3 is 2.42 bits per heavy atom. The fourth-order valence-corrected chi connectivity index (χ4v) is 4.59. The molecule has 2 aromatic carbocycles. The second-order valence-electron chi connectivity index (χ2n) is 9.82. The minimum atomic E-state index is -4.90. The van der Waals surface area contributed by atoms with Crippen LogP contribution in [0.5, 0.6) is 0 Å². The molecule has 1 heterocycles. The van der Waals surface area contributed by atoms with Crippen LogP contribution in [0.3, 0.4) is 0 Å². The smallest absolute Gasteiger partial charge is 0.388 e. The van der Waals surface area contributed by atoms with Crippen LogP contribution in [-0.2, 0) is 12.0 Å². The SMILES string of the molecule is CC(C)(CC(O)(Cn1ccc(=O)c2ccccc21)C(F)(F)F)c1cccc(C(O)C2CC2)c1. The highest BCUT2D eigenvalue weighted by molar-refractivity contribution is 5.78. The normalized spacial score (nSPS) is 17.7. The fourth-order valence-electron chi connectivity index (χ4n) is 4.59. The van der Waals surface area contributed by atoms with Crippen molar-refractivity contribution in [2.24, 2.45) is 5.92 Å². The zero-order valence-electron chi connectivity index (χ0n) is 18.6. The highest BCUT2D eigenvalue weighted by atomic mass is 19.4. The van der Waals surface area contributed by atoms with Gasteiger partial charge in [-0.05, 0) is 53.9 Å². The summed E-state index contributed by atoms with van der Waals surface area (Å²) in [6, 6.07) is 14.6. The third-order valence-corrected chi connectivity index (χ3v) is 6.66. The van der Waals surface area contributed by atoms with Gasteiger partial charge in [0.15, 0.2) is 11.0 Å². The van der Waals surface area contributed by atoms with Gasteiger partial charge < -0.3 is 14.8 Å². The minimum absolute atomic E-state index is 0.198. The number of nitrogens with zero attached hydrogens (tertiary/aromatic N) is 1. The molecule has 176 valence electrons. The molecular formula is C26H28F3NO3. The van der Waals surface area contributed by atoms with Crippen molar-refractivity contribution in [3.63, 3.8) is 0 Å². The number of pyridine rings is 1. The Morgan fingerprint density at radius 1 is 1.06 bits per heavy atom. The van der Waals surface area contributed by atoms with Gasteiger partial charge in [-0.2, -0.15) is 13.2 Å². The number of alkyl halides is 3. The van der Waals surface area contributed by atoms with Crippen molar-refractivity contribution in [1.82, 2.24) is 4.57 Å². The highest BCUT2D eigenvalue weighted by Gasteiger charge is 2.56. The van der Waals surface area contributed by atoms with Crippen molar-refractivity contribution >= 4 is 10.9 Å². The average molecular weight is 460 g/mol. The second-order valence-corrected chi connectivity index (χ2v) is 9.82. The summed E-state index contributed by atoms with van der Waals surface area (Å²) in [6.45, 7) is 2.58. The first-order valence-electron chi connectivity index (χ1n) is 11.1. The number of fused-ring (bicyclic) bond motifs is 1. The van der Waals surface area contributed by atoms with Crippen molar-refractivity contribution < 1.29 is 23.4 Å². The van der Waals surface area contributed by atoms with Gasteiger partial charge in [-0.1, -0.05) is 50.2 Å². The van der Waals surface area contributed by atoms with Crippen LogP contribution in [0.2, 0.25) is 0 Å². The zero-order chi connectivity index (χ0) is 24.0. The third kappa shape index (κ3) is 4.70. The second kappa shape index (κ2) is 8.29. The Morgan fingerprint density at radius 2 is 1.76 bits per heavy atom. The van der Waals surface area contributed by atoms with Gasteiger partial charge in [-0.25, -0.2) is 0 Å². The van der Waals surface area contributed by atoms with Gasteiger partial charge >= 0.3 is 6.18 Å². The maximum Gasteiger partial charge on any atom is 0.418 e. The molecule has 0 spiro atoms. The number of para-hydroxylation sites is 1. The quantitative estimate of drug-likeness (QED) is 0.516. The molecule has 0 amide bonds. The van der Waals surface area contributed by atoms with Crippen molar-refractivity contribution in [3.05, 3.63) is 82.1 Å². The van der Waals surface area contributed by atoms with Gasteiger partial charge in [-0.15, -0.1) is 0 Å². The lowest BCUT2D eigenvalue weighted by atomic mass is 9.74. The largest absolute Gasteiger partial charge is 0.418 e. The van der Waals surface area contributed by atoms with E-state index in [4.69, 9.17) is 0 Å².